The summed E-state index contributed by atoms with van der Waals surface area (Å²) in [5.41, 5.74) is 1.33. The van der Waals surface area contributed by atoms with Crippen molar-refractivity contribution < 1.29 is 0 Å². The number of hydrogen-bond acceptors (Lipinski definition) is 2. The molecule has 0 bridgehead atoms. The van der Waals surface area contributed by atoms with Crippen molar-refractivity contribution >= 4 is 0 Å². The largest absolute Gasteiger partial charge is 0.318 e. The third kappa shape index (κ3) is 2.12. The van der Waals surface area contributed by atoms with Crippen molar-refractivity contribution in [3.8, 4) is 0 Å². The van der Waals surface area contributed by atoms with Crippen LogP contribution in [0.1, 0.15) is 30.9 Å². The standard InChI is InChI=1S/C12H18N2O/c1-13-8-4-3-5-11(13)10-6-7-12(15)14(2)9-10/h6-7,9,11H,3-5,8H2,1-2H3. The van der Waals surface area contributed by atoms with Gasteiger partial charge in [-0.1, -0.05) is 12.5 Å². The molecule has 0 aromatic carbocycles. The molecule has 1 atom stereocenters. The van der Waals surface area contributed by atoms with Gasteiger partial charge in [-0.2, -0.15) is 0 Å². The summed E-state index contributed by atoms with van der Waals surface area (Å²) in [7, 11) is 3.98. The molecule has 1 saturated heterocycles. The normalized spacial score (nSPS) is 22.9. The van der Waals surface area contributed by atoms with Crippen LogP contribution in [0.4, 0.5) is 0 Å². The zero-order chi connectivity index (χ0) is 10.8. The van der Waals surface area contributed by atoms with E-state index in [0.717, 1.165) is 6.54 Å². The van der Waals surface area contributed by atoms with Gasteiger partial charge in [-0.05, 0) is 32.0 Å². The van der Waals surface area contributed by atoms with Crippen molar-refractivity contribution in [2.75, 3.05) is 13.6 Å². The van der Waals surface area contributed by atoms with Gasteiger partial charge in [0.1, 0.15) is 0 Å². The van der Waals surface area contributed by atoms with E-state index in [1.54, 1.807) is 10.6 Å². The molecule has 0 aliphatic carbocycles. The molecule has 0 radical (unpaired) electrons. The highest BCUT2D eigenvalue weighted by Crippen LogP contribution is 2.28. The molecule has 3 nitrogen and oxygen atoms in total. The van der Waals surface area contributed by atoms with Gasteiger partial charge in [0.15, 0.2) is 0 Å². The number of pyridine rings is 1. The first kappa shape index (κ1) is 10.4. The highest BCUT2D eigenvalue weighted by atomic mass is 16.1. The summed E-state index contributed by atoms with van der Waals surface area (Å²) < 4.78 is 1.66. The minimum Gasteiger partial charge on any atom is -0.318 e. The minimum absolute atomic E-state index is 0.0669. The molecule has 1 aliphatic heterocycles. The number of aryl methyl sites for hydroxylation is 1. The monoisotopic (exact) mass is 206 g/mol. The fourth-order valence-corrected chi connectivity index (χ4v) is 2.31. The Bertz CT molecular complexity index is 397. The Morgan fingerprint density at radius 2 is 2.07 bits per heavy atom. The third-order valence-electron chi connectivity index (χ3n) is 3.26. The average molecular weight is 206 g/mol. The van der Waals surface area contributed by atoms with Crippen LogP contribution in [0.15, 0.2) is 23.1 Å². The highest BCUT2D eigenvalue weighted by Gasteiger charge is 2.20. The Morgan fingerprint density at radius 3 is 2.73 bits per heavy atom. The molecule has 3 heteroatoms. The summed E-state index contributed by atoms with van der Waals surface area (Å²) in [5, 5.41) is 0. The lowest BCUT2D eigenvalue weighted by atomic mass is 9.97. The molecule has 1 unspecified atom stereocenters. The van der Waals surface area contributed by atoms with Gasteiger partial charge in [-0.15, -0.1) is 0 Å². The number of piperidine rings is 1. The van der Waals surface area contributed by atoms with Crippen LogP contribution in [-0.4, -0.2) is 23.1 Å². The van der Waals surface area contributed by atoms with Gasteiger partial charge >= 0.3 is 0 Å². The van der Waals surface area contributed by atoms with Gasteiger partial charge in [-0.3, -0.25) is 9.69 Å². The van der Waals surface area contributed by atoms with E-state index in [1.165, 1.54) is 24.8 Å². The Balaban J connectivity index is 2.28. The number of aromatic nitrogens is 1. The molecule has 2 heterocycles. The van der Waals surface area contributed by atoms with E-state index in [2.05, 4.69) is 11.9 Å². The number of likely N-dealkylation sites (tertiary alicyclic amines) is 1. The molecule has 1 aliphatic rings. The fraction of sp³-hybridized carbons (Fsp3) is 0.583. The van der Waals surface area contributed by atoms with Crippen molar-refractivity contribution in [3.05, 3.63) is 34.2 Å². The van der Waals surface area contributed by atoms with Crippen molar-refractivity contribution in [2.45, 2.75) is 25.3 Å². The predicted molar refractivity (Wildman–Crippen MR) is 60.9 cm³/mol. The first-order chi connectivity index (χ1) is 7.18. The van der Waals surface area contributed by atoms with Crippen LogP contribution in [0.3, 0.4) is 0 Å². The Kier molecular flexibility index (Phi) is 2.91. The topological polar surface area (TPSA) is 25.2 Å². The summed E-state index contributed by atoms with van der Waals surface area (Å²) in [5.74, 6) is 0. The molecule has 1 aromatic rings. The Labute approximate surface area is 90.3 Å². The molecule has 2 rings (SSSR count). The van der Waals surface area contributed by atoms with Crippen molar-refractivity contribution in [3.63, 3.8) is 0 Å². The number of rotatable bonds is 1. The lowest BCUT2D eigenvalue weighted by molar-refractivity contribution is 0.186. The van der Waals surface area contributed by atoms with E-state index >= 15 is 0 Å². The van der Waals surface area contributed by atoms with E-state index in [-0.39, 0.29) is 5.56 Å². The van der Waals surface area contributed by atoms with Crippen molar-refractivity contribution in [1.29, 1.82) is 0 Å². The van der Waals surface area contributed by atoms with E-state index in [4.69, 9.17) is 0 Å². The van der Waals surface area contributed by atoms with Crippen LogP contribution >= 0.6 is 0 Å². The quantitative estimate of drug-likeness (QED) is 0.696. The molecule has 0 saturated carbocycles. The van der Waals surface area contributed by atoms with Crippen LogP contribution in [-0.2, 0) is 7.05 Å². The van der Waals surface area contributed by atoms with Crippen molar-refractivity contribution in [2.24, 2.45) is 7.05 Å². The molecule has 1 fully saturated rings. The Hall–Kier alpha value is -1.09. The summed E-state index contributed by atoms with van der Waals surface area (Å²) in [4.78, 5) is 13.7. The second-order valence-corrected chi connectivity index (χ2v) is 4.40. The maximum Gasteiger partial charge on any atom is 0.250 e. The van der Waals surface area contributed by atoms with E-state index in [1.807, 2.05) is 19.3 Å². The van der Waals surface area contributed by atoms with Crippen LogP contribution in [0.5, 0.6) is 0 Å². The predicted octanol–water partition coefficient (Wildman–Crippen LogP) is 1.54. The van der Waals surface area contributed by atoms with Gasteiger partial charge in [0.05, 0.1) is 0 Å². The van der Waals surface area contributed by atoms with Gasteiger partial charge in [0.25, 0.3) is 0 Å². The lowest BCUT2D eigenvalue weighted by Gasteiger charge is -2.32. The third-order valence-corrected chi connectivity index (χ3v) is 3.26. The molecule has 15 heavy (non-hydrogen) atoms. The molecule has 0 amide bonds. The molecule has 0 N–H and O–H groups in total. The average Bonchev–Trinajstić information content (AvgIpc) is 2.23. The highest BCUT2D eigenvalue weighted by molar-refractivity contribution is 5.15. The second-order valence-electron chi connectivity index (χ2n) is 4.40. The van der Waals surface area contributed by atoms with Gasteiger partial charge in [-0.25, -0.2) is 0 Å². The summed E-state index contributed by atoms with van der Waals surface area (Å²) in [6.45, 7) is 1.16. The van der Waals surface area contributed by atoms with E-state index in [9.17, 15) is 4.79 Å². The smallest absolute Gasteiger partial charge is 0.250 e. The maximum atomic E-state index is 11.3. The zero-order valence-corrected chi connectivity index (χ0v) is 9.44. The molecular formula is C12H18N2O. The maximum absolute atomic E-state index is 11.3. The lowest BCUT2D eigenvalue weighted by Crippen LogP contribution is -2.30. The van der Waals surface area contributed by atoms with Gasteiger partial charge in [0.2, 0.25) is 5.56 Å². The summed E-state index contributed by atoms with van der Waals surface area (Å²) >= 11 is 0. The summed E-state index contributed by atoms with van der Waals surface area (Å²) in [6.07, 6.45) is 5.75. The fourth-order valence-electron chi connectivity index (χ4n) is 2.31. The SMILES string of the molecule is CN1CCCCC1c1ccc(=O)n(C)c1. The first-order valence-corrected chi connectivity index (χ1v) is 5.55. The molecule has 1 aromatic heterocycles. The first-order valence-electron chi connectivity index (χ1n) is 5.55. The van der Waals surface area contributed by atoms with Crippen LogP contribution in [0, 0.1) is 0 Å². The zero-order valence-electron chi connectivity index (χ0n) is 9.44. The van der Waals surface area contributed by atoms with E-state index < -0.39 is 0 Å². The second kappa shape index (κ2) is 4.19. The van der Waals surface area contributed by atoms with Crippen LogP contribution in [0.2, 0.25) is 0 Å². The number of nitrogens with zero attached hydrogens (tertiary/aromatic N) is 2. The van der Waals surface area contributed by atoms with Crippen LogP contribution in [0.25, 0.3) is 0 Å². The molecule has 82 valence electrons. The van der Waals surface area contributed by atoms with Crippen LogP contribution < -0.4 is 5.56 Å². The minimum atomic E-state index is 0.0669. The molecule has 0 spiro atoms. The Morgan fingerprint density at radius 1 is 1.27 bits per heavy atom. The van der Waals surface area contributed by atoms with Gasteiger partial charge < -0.3 is 4.57 Å². The summed E-state index contributed by atoms with van der Waals surface area (Å²) in [6, 6.07) is 4.12. The van der Waals surface area contributed by atoms with Crippen molar-refractivity contribution in [1.82, 2.24) is 9.47 Å². The van der Waals surface area contributed by atoms with E-state index in [0.29, 0.717) is 6.04 Å². The number of hydrogen-bond donors (Lipinski definition) is 0. The van der Waals surface area contributed by atoms with Gasteiger partial charge in [0, 0.05) is 25.4 Å². The molecular weight excluding hydrogens is 188 g/mol.